The number of carbonyl (C=O) groups is 1. The molecule has 190 valence electrons. The van der Waals surface area contributed by atoms with Gasteiger partial charge in [-0.1, -0.05) is 17.7 Å². The first-order chi connectivity index (χ1) is 17.3. The lowest BCUT2D eigenvalue weighted by atomic mass is 9.88. The standard InChI is InChI=1S/C29H34ClN3O3/c1-32(2)20-8-10-21(11-9-20)33(3)27-22-13-18(19-14-24(30)29(35)26(15-19)36-4)7-12-25(22)31-16-23(27)28(34)17-5-6-17/h7,12-17,20-21,35H,5-6,8-11H2,1-4H3. The average molecular weight is 508 g/mol. The number of phenols is 1. The largest absolute Gasteiger partial charge is 0.503 e. The molecule has 0 spiro atoms. The second-order valence-corrected chi connectivity index (χ2v) is 10.8. The summed E-state index contributed by atoms with van der Waals surface area (Å²) in [5.41, 5.74) is 4.30. The number of ketones is 1. The predicted octanol–water partition coefficient (Wildman–Crippen LogP) is 6.17. The van der Waals surface area contributed by atoms with Crippen molar-refractivity contribution in [3.05, 3.63) is 47.1 Å². The summed E-state index contributed by atoms with van der Waals surface area (Å²) in [5, 5.41) is 11.4. The SMILES string of the molecule is COc1cc(-c2ccc3ncc(C(=O)C4CC4)c(N(C)C4CCC(N(C)C)CC4)c3c2)cc(Cl)c1O. The number of pyridine rings is 1. The van der Waals surface area contributed by atoms with Gasteiger partial charge in [0.05, 0.1) is 28.9 Å². The highest BCUT2D eigenvalue weighted by atomic mass is 35.5. The van der Waals surface area contributed by atoms with E-state index < -0.39 is 0 Å². The molecule has 1 N–H and O–H groups in total. The van der Waals surface area contributed by atoms with Crippen LogP contribution in [-0.4, -0.2) is 61.1 Å². The fourth-order valence-corrected chi connectivity index (χ4v) is 5.74. The number of halogens is 1. The third-order valence-corrected chi connectivity index (χ3v) is 8.22. The molecule has 0 radical (unpaired) electrons. The second kappa shape index (κ2) is 9.91. The third kappa shape index (κ3) is 4.64. The quantitative estimate of drug-likeness (QED) is 0.386. The number of anilines is 1. The summed E-state index contributed by atoms with van der Waals surface area (Å²) >= 11 is 6.29. The number of ether oxygens (including phenoxy) is 1. The van der Waals surface area contributed by atoms with E-state index >= 15 is 0 Å². The molecule has 6 nitrogen and oxygen atoms in total. The minimum atomic E-state index is -0.0727. The lowest BCUT2D eigenvalue weighted by Gasteiger charge is -2.39. The van der Waals surface area contributed by atoms with Crippen molar-refractivity contribution in [1.29, 1.82) is 0 Å². The molecule has 2 saturated carbocycles. The van der Waals surface area contributed by atoms with E-state index in [2.05, 4.69) is 37.0 Å². The Labute approximate surface area is 217 Å². The van der Waals surface area contributed by atoms with Crippen LogP contribution in [-0.2, 0) is 0 Å². The Kier molecular flexibility index (Phi) is 6.84. The van der Waals surface area contributed by atoms with E-state index in [9.17, 15) is 9.90 Å². The molecule has 1 aromatic heterocycles. The Morgan fingerprint density at radius 1 is 1.00 bits per heavy atom. The molecule has 2 aliphatic rings. The number of nitrogens with zero attached hydrogens (tertiary/aromatic N) is 3. The maximum atomic E-state index is 13.4. The highest BCUT2D eigenvalue weighted by molar-refractivity contribution is 6.32. The maximum absolute atomic E-state index is 13.4. The van der Waals surface area contributed by atoms with Crippen molar-refractivity contribution >= 4 is 34.0 Å². The zero-order valence-corrected chi connectivity index (χ0v) is 22.2. The van der Waals surface area contributed by atoms with Crippen molar-refractivity contribution in [3.8, 4) is 22.6 Å². The van der Waals surface area contributed by atoms with Gasteiger partial charge in [0, 0.05) is 36.6 Å². The van der Waals surface area contributed by atoms with Crippen molar-refractivity contribution < 1.29 is 14.6 Å². The van der Waals surface area contributed by atoms with Crippen LogP contribution in [0.25, 0.3) is 22.0 Å². The fourth-order valence-electron chi connectivity index (χ4n) is 5.52. The summed E-state index contributed by atoms with van der Waals surface area (Å²) in [6.45, 7) is 0. The Balaban J connectivity index is 1.61. The lowest BCUT2D eigenvalue weighted by molar-refractivity contribution is 0.0967. The number of methoxy groups -OCH3 is 1. The number of benzene rings is 2. The van der Waals surface area contributed by atoms with Gasteiger partial charge < -0.3 is 19.6 Å². The first-order valence-electron chi connectivity index (χ1n) is 12.7. The van der Waals surface area contributed by atoms with E-state index in [1.807, 2.05) is 12.1 Å². The monoisotopic (exact) mass is 507 g/mol. The number of fused-ring (bicyclic) bond motifs is 1. The van der Waals surface area contributed by atoms with Crippen LogP contribution in [0.15, 0.2) is 36.5 Å². The van der Waals surface area contributed by atoms with Crippen LogP contribution in [0.1, 0.15) is 48.9 Å². The predicted molar refractivity (Wildman–Crippen MR) is 146 cm³/mol. The third-order valence-electron chi connectivity index (χ3n) is 7.93. The highest BCUT2D eigenvalue weighted by Crippen LogP contribution is 2.42. The zero-order chi connectivity index (χ0) is 25.6. The molecule has 5 rings (SSSR count). The minimum Gasteiger partial charge on any atom is -0.503 e. The van der Waals surface area contributed by atoms with E-state index in [-0.39, 0.29) is 22.5 Å². The smallest absolute Gasteiger partial charge is 0.176 e. The molecule has 0 saturated heterocycles. The van der Waals surface area contributed by atoms with Gasteiger partial charge in [-0.15, -0.1) is 0 Å². The van der Waals surface area contributed by atoms with Crippen LogP contribution in [0.3, 0.4) is 0 Å². The maximum Gasteiger partial charge on any atom is 0.176 e. The normalized spacial score (nSPS) is 20.1. The first-order valence-corrected chi connectivity index (χ1v) is 13.1. The topological polar surface area (TPSA) is 65.9 Å². The Morgan fingerprint density at radius 3 is 2.33 bits per heavy atom. The molecule has 1 heterocycles. The molecule has 3 aromatic rings. The van der Waals surface area contributed by atoms with Crippen LogP contribution in [0.2, 0.25) is 5.02 Å². The summed E-state index contributed by atoms with van der Waals surface area (Å²) in [4.78, 5) is 22.7. The number of hydrogen-bond acceptors (Lipinski definition) is 6. The average Bonchev–Trinajstić information content (AvgIpc) is 3.74. The van der Waals surface area contributed by atoms with Gasteiger partial charge in [0.15, 0.2) is 17.3 Å². The Morgan fingerprint density at radius 2 is 1.69 bits per heavy atom. The lowest BCUT2D eigenvalue weighted by Crippen LogP contribution is -2.41. The van der Waals surface area contributed by atoms with Gasteiger partial charge in [-0.2, -0.15) is 0 Å². The Bertz CT molecular complexity index is 1300. The van der Waals surface area contributed by atoms with Crippen molar-refractivity contribution in [2.75, 3.05) is 33.2 Å². The summed E-state index contributed by atoms with van der Waals surface area (Å²) < 4.78 is 5.32. The molecule has 7 heteroatoms. The number of carbonyl (C=O) groups excluding carboxylic acids is 1. The molecule has 0 amide bonds. The van der Waals surface area contributed by atoms with Gasteiger partial charge in [0.1, 0.15) is 0 Å². The van der Waals surface area contributed by atoms with Crippen molar-refractivity contribution in [3.63, 3.8) is 0 Å². The number of rotatable bonds is 7. The molecule has 2 aromatic carbocycles. The second-order valence-electron chi connectivity index (χ2n) is 10.4. The first kappa shape index (κ1) is 24.8. The summed E-state index contributed by atoms with van der Waals surface area (Å²) in [5.74, 6) is 0.567. The van der Waals surface area contributed by atoms with Gasteiger partial charge in [-0.3, -0.25) is 9.78 Å². The number of aromatic nitrogens is 1. The fraction of sp³-hybridized carbons (Fsp3) is 0.448. The van der Waals surface area contributed by atoms with E-state index in [1.165, 1.54) is 7.11 Å². The number of hydrogen-bond donors (Lipinski definition) is 1. The molecule has 2 aliphatic carbocycles. The van der Waals surface area contributed by atoms with Gasteiger partial charge in [0.2, 0.25) is 0 Å². The summed E-state index contributed by atoms with van der Waals surface area (Å²) in [6, 6.07) is 10.6. The van der Waals surface area contributed by atoms with Gasteiger partial charge in [0.25, 0.3) is 0 Å². The molecule has 36 heavy (non-hydrogen) atoms. The summed E-state index contributed by atoms with van der Waals surface area (Å²) in [6.07, 6.45) is 8.16. The number of Topliss-reactive ketones (excluding diaryl/α,β-unsaturated/α-hetero) is 1. The van der Waals surface area contributed by atoms with Crippen molar-refractivity contribution in [2.24, 2.45) is 5.92 Å². The Hall–Kier alpha value is -2.83. The van der Waals surface area contributed by atoms with Crippen LogP contribution in [0.5, 0.6) is 11.5 Å². The highest BCUT2D eigenvalue weighted by Gasteiger charge is 2.35. The summed E-state index contributed by atoms with van der Waals surface area (Å²) in [7, 11) is 7.95. The minimum absolute atomic E-state index is 0.0727. The number of aromatic hydroxyl groups is 1. The van der Waals surface area contributed by atoms with Crippen LogP contribution in [0.4, 0.5) is 5.69 Å². The van der Waals surface area contributed by atoms with E-state index in [4.69, 9.17) is 21.3 Å². The van der Waals surface area contributed by atoms with E-state index in [1.54, 1.807) is 18.3 Å². The molecular formula is C29H34ClN3O3. The molecule has 0 unspecified atom stereocenters. The van der Waals surface area contributed by atoms with E-state index in [0.717, 1.165) is 71.8 Å². The van der Waals surface area contributed by atoms with Crippen molar-refractivity contribution in [1.82, 2.24) is 9.88 Å². The van der Waals surface area contributed by atoms with E-state index in [0.29, 0.717) is 17.8 Å². The van der Waals surface area contributed by atoms with Gasteiger partial charge in [-0.25, -0.2) is 0 Å². The zero-order valence-electron chi connectivity index (χ0n) is 21.4. The molecular weight excluding hydrogens is 474 g/mol. The van der Waals surface area contributed by atoms with Crippen molar-refractivity contribution in [2.45, 2.75) is 50.6 Å². The molecule has 0 aliphatic heterocycles. The number of phenolic OH excluding ortho intramolecular Hbond substituents is 1. The van der Waals surface area contributed by atoms with Gasteiger partial charge in [-0.05, 0) is 88.0 Å². The molecule has 2 fully saturated rings. The molecule has 0 atom stereocenters. The van der Waals surface area contributed by atoms with Crippen LogP contribution in [0, 0.1) is 5.92 Å². The van der Waals surface area contributed by atoms with Gasteiger partial charge >= 0.3 is 0 Å². The van der Waals surface area contributed by atoms with Crippen LogP contribution >= 0.6 is 11.6 Å². The molecule has 0 bridgehead atoms. The van der Waals surface area contributed by atoms with Crippen LogP contribution < -0.4 is 9.64 Å².